The van der Waals surface area contributed by atoms with Crippen molar-refractivity contribution < 1.29 is 9.90 Å². The lowest BCUT2D eigenvalue weighted by Gasteiger charge is -1.98. The highest BCUT2D eigenvalue weighted by Crippen LogP contribution is 2.26. The maximum Gasteiger partial charge on any atom is 0.348 e. The topological polar surface area (TPSA) is 74.0 Å². The molecular weight excluding hydrogens is 224 g/mol. The predicted octanol–water partition coefficient (Wildman–Crippen LogP) is 2.38. The van der Waals surface area contributed by atoms with Crippen molar-refractivity contribution in [1.29, 1.82) is 5.26 Å². The fourth-order valence-corrected chi connectivity index (χ4v) is 1.93. The number of hydrogen-bond acceptors (Lipinski definition) is 4. The molecule has 1 aromatic carbocycles. The Balaban J connectivity index is 2.47. The number of hydrogen-bond donors (Lipinski definition) is 1. The second-order valence-corrected chi connectivity index (χ2v) is 3.86. The van der Waals surface area contributed by atoms with Crippen molar-refractivity contribution in [3.8, 4) is 17.2 Å². The molecule has 4 nitrogen and oxygen atoms in total. The summed E-state index contributed by atoms with van der Waals surface area (Å²) >= 11 is 0.948. The Kier molecular flexibility index (Phi) is 2.66. The minimum Gasteiger partial charge on any atom is -0.477 e. The fourth-order valence-electron chi connectivity index (χ4n) is 1.32. The second-order valence-electron chi connectivity index (χ2n) is 3.06. The molecular formula is C11H6N2O2S. The Bertz CT molecular complexity index is 566. The zero-order chi connectivity index (χ0) is 11.5. The highest BCUT2D eigenvalue weighted by molar-refractivity contribution is 7.08. The summed E-state index contributed by atoms with van der Waals surface area (Å²) in [6, 6.07) is 8.74. The molecule has 0 fully saturated rings. The smallest absolute Gasteiger partial charge is 0.348 e. The summed E-state index contributed by atoms with van der Waals surface area (Å²) in [6.07, 6.45) is 1.52. The average molecular weight is 230 g/mol. The van der Waals surface area contributed by atoms with Crippen LogP contribution < -0.4 is 0 Å². The molecule has 0 saturated carbocycles. The molecule has 1 N–H and O–H groups in total. The van der Waals surface area contributed by atoms with Gasteiger partial charge in [-0.3, -0.25) is 0 Å². The average Bonchev–Trinajstić information content (AvgIpc) is 2.78. The van der Waals surface area contributed by atoms with Crippen LogP contribution in [0.2, 0.25) is 0 Å². The summed E-state index contributed by atoms with van der Waals surface area (Å²) in [5.74, 6) is -0.984. The molecule has 0 atom stereocenters. The van der Waals surface area contributed by atoms with E-state index in [2.05, 4.69) is 4.37 Å². The van der Waals surface area contributed by atoms with Gasteiger partial charge in [-0.2, -0.15) is 9.64 Å². The van der Waals surface area contributed by atoms with Gasteiger partial charge in [0.1, 0.15) is 4.88 Å². The molecule has 5 heteroatoms. The first-order chi connectivity index (χ1) is 7.72. The van der Waals surface area contributed by atoms with Crippen molar-refractivity contribution in [3.63, 3.8) is 0 Å². The lowest BCUT2D eigenvalue weighted by Crippen LogP contribution is -1.94. The van der Waals surface area contributed by atoms with E-state index in [1.54, 1.807) is 24.3 Å². The van der Waals surface area contributed by atoms with Gasteiger partial charge in [0.2, 0.25) is 0 Å². The summed E-state index contributed by atoms with van der Waals surface area (Å²) in [5.41, 5.74) is 1.89. The van der Waals surface area contributed by atoms with Gasteiger partial charge >= 0.3 is 5.97 Å². The highest BCUT2D eigenvalue weighted by Gasteiger charge is 2.14. The lowest BCUT2D eigenvalue weighted by atomic mass is 10.1. The van der Waals surface area contributed by atoms with Crippen molar-refractivity contribution in [2.45, 2.75) is 0 Å². The Morgan fingerprint density at radius 1 is 1.38 bits per heavy atom. The van der Waals surface area contributed by atoms with E-state index in [0.717, 1.165) is 17.1 Å². The highest BCUT2D eigenvalue weighted by atomic mass is 32.1. The van der Waals surface area contributed by atoms with E-state index in [1.807, 2.05) is 6.07 Å². The third kappa shape index (κ3) is 1.78. The van der Waals surface area contributed by atoms with E-state index in [0.29, 0.717) is 11.1 Å². The third-order valence-electron chi connectivity index (χ3n) is 2.09. The first-order valence-electron chi connectivity index (χ1n) is 4.41. The van der Waals surface area contributed by atoms with Crippen LogP contribution in [0.5, 0.6) is 0 Å². The van der Waals surface area contributed by atoms with Gasteiger partial charge in [-0.1, -0.05) is 12.1 Å². The molecule has 0 aliphatic rings. The Hall–Kier alpha value is -2.19. The largest absolute Gasteiger partial charge is 0.477 e. The zero-order valence-electron chi connectivity index (χ0n) is 8.04. The number of carboxylic acids is 1. The fraction of sp³-hybridized carbons (Fsp3) is 0. The van der Waals surface area contributed by atoms with Crippen LogP contribution in [0.3, 0.4) is 0 Å². The molecule has 0 spiro atoms. The Labute approximate surface area is 95.6 Å². The standard InChI is InChI=1S/C11H6N2O2S/c12-5-7-1-3-8(4-2-7)9-6-13-16-10(9)11(14)15/h1-4,6H,(H,14,15). The zero-order valence-corrected chi connectivity index (χ0v) is 8.86. The first kappa shape index (κ1) is 10.3. The maximum absolute atomic E-state index is 10.9. The minimum atomic E-state index is -0.984. The molecule has 0 saturated heterocycles. The predicted molar refractivity (Wildman–Crippen MR) is 59.2 cm³/mol. The van der Waals surface area contributed by atoms with Gasteiger partial charge in [0.05, 0.1) is 11.6 Å². The van der Waals surface area contributed by atoms with E-state index in [-0.39, 0.29) is 4.88 Å². The second kappa shape index (κ2) is 4.13. The Morgan fingerprint density at radius 2 is 2.06 bits per heavy atom. The van der Waals surface area contributed by atoms with Crippen LogP contribution in [0.4, 0.5) is 0 Å². The minimum absolute atomic E-state index is 0.213. The number of benzene rings is 1. The molecule has 1 heterocycles. The van der Waals surface area contributed by atoms with Crippen molar-refractivity contribution in [1.82, 2.24) is 4.37 Å². The molecule has 78 valence electrons. The van der Waals surface area contributed by atoms with Crippen molar-refractivity contribution in [2.75, 3.05) is 0 Å². The van der Waals surface area contributed by atoms with E-state index >= 15 is 0 Å². The molecule has 1 aromatic heterocycles. The van der Waals surface area contributed by atoms with Gasteiger partial charge < -0.3 is 5.11 Å². The molecule has 16 heavy (non-hydrogen) atoms. The van der Waals surface area contributed by atoms with E-state index in [9.17, 15) is 4.79 Å². The molecule has 0 bridgehead atoms. The maximum atomic E-state index is 10.9. The summed E-state index contributed by atoms with van der Waals surface area (Å²) in [6.45, 7) is 0. The van der Waals surface area contributed by atoms with E-state index in [4.69, 9.17) is 10.4 Å². The van der Waals surface area contributed by atoms with Gasteiger partial charge in [-0.05, 0) is 29.2 Å². The molecule has 2 aromatic rings. The summed E-state index contributed by atoms with van der Waals surface area (Å²) in [7, 11) is 0. The van der Waals surface area contributed by atoms with Crippen LogP contribution >= 0.6 is 11.5 Å². The SMILES string of the molecule is N#Cc1ccc(-c2cnsc2C(=O)O)cc1. The van der Waals surface area contributed by atoms with Crippen molar-refractivity contribution in [2.24, 2.45) is 0 Å². The van der Waals surface area contributed by atoms with E-state index < -0.39 is 5.97 Å². The summed E-state index contributed by atoms with van der Waals surface area (Å²) < 4.78 is 3.86. The number of nitrogens with zero attached hydrogens (tertiary/aromatic N) is 2. The van der Waals surface area contributed by atoms with Crippen molar-refractivity contribution in [3.05, 3.63) is 40.9 Å². The van der Waals surface area contributed by atoms with Crippen LogP contribution in [-0.4, -0.2) is 15.4 Å². The number of aromatic carboxylic acids is 1. The third-order valence-corrected chi connectivity index (χ3v) is 2.88. The first-order valence-corrected chi connectivity index (χ1v) is 5.18. The molecule has 2 rings (SSSR count). The van der Waals surface area contributed by atoms with Crippen LogP contribution in [0.25, 0.3) is 11.1 Å². The summed E-state index contributed by atoms with van der Waals surface area (Å²) in [4.78, 5) is 11.1. The normalized spacial score (nSPS) is 9.69. The van der Waals surface area contributed by atoms with Crippen LogP contribution in [0.1, 0.15) is 15.2 Å². The van der Waals surface area contributed by atoms with Crippen molar-refractivity contribution >= 4 is 17.5 Å². The number of nitriles is 1. The monoisotopic (exact) mass is 230 g/mol. The number of rotatable bonds is 2. The Morgan fingerprint density at radius 3 is 2.62 bits per heavy atom. The van der Waals surface area contributed by atoms with E-state index in [1.165, 1.54) is 6.20 Å². The lowest BCUT2D eigenvalue weighted by molar-refractivity contribution is 0.0703. The summed E-state index contributed by atoms with van der Waals surface area (Å²) in [5, 5.41) is 17.6. The van der Waals surface area contributed by atoms with Gasteiger partial charge in [0.25, 0.3) is 0 Å². The molecule has 0 aliphatic heterocycles. The number of carbonyl (C=O) groups is 1. The molecule has 0 unspecified atom stereocenters. The van der Waals surface area contributed by atoms with Gasteiger partial charge in [-0.15, -0.1) is 0 Å². The van der Waals surface area contributed by atoms with Crippen LogP contribution in [0, 0.1) is 11.3 Å². The van der Waals surface area contributed by atoms with Crippen LogP contribution in [-0.2, 0) is 0 Å². The molecule has 0 aliphatic carbocycles. The molecule has 0 amide bonds. The van der Waals surface area contributed by atoms with Gasteiger partial charge in [0, 0.05) is 11.8 Å². The van der Waals surface area contributed by atoms with Crippen LogP contribution in [0.15, 0.2) is 30.5 Å². The van der Waals surface area contributed by atoms with Gasteiger partial charge in [0.15, 0.2) is 0 Å². The number of carboxylic acid groups (broad SMARTS) is 1. The number of aromatic nitrogens is 1. The van der Waals surface area contributed by atoms with Gasteiger partial charge in [-0.25, -0.2) is 4.79 Å². The molecule has 0 radical (unpaired) electrons. The quantitative estimate of drug-likeness (QED) is 0.859.